The first kappa shape index (κ1) is 39.1. The first-order chi connectivity index (χ1) is 28.7. The van der Waals surface area contributed by atoms with Gasteiger partial charge in [0.25, 0.3) is 0 Å². The number of hydrogen-bond donors (Lipinski definition) is 0. The molecule has 7 rings (SSSR count). The minimum absolute atomic E-state index is 0.0189. The maximum Gasteiger partial charge on any atom is 0.177 e. The van der Waals surface area contributed by atoms with Gasteiger partial charge in [0.15, 0.2) is 11.4 Å². The summed E-state index contributed by atoms with van der Waals surface area (Å²) in [5.41, 5.74) is 6.27. The van der Waals surface area contributed by atoms with E-state index in [0.717, 1.165) is 110 Å². The zero-order chi connectivity index (χ0) is 39.8. The summed E-state index contributed by atoms with van der Waals surface area (Å²) >= 11 is 0. The lowest BCUT2D eigenvalue weighted by Gasteiger charge is -2.12. The normalized spacial score (nSPS) is 10.9. The predicted molar refractivity (Wildman–Crippen MR) is 221 cm³/mol. The van der Waals surface area contributed by atoms with Crippen molar-refractivity contribution in [2.45, 2.75) is 64.5 Å². The minimum atomic E-state index is -0.0189. The van der Waals surface area contributed by atoms with Crippen LogP contribution in [0.15, 0.2) is 122 Å². The Morgan fingerprint density at radius 3 is 1.22 bits per heavy atom. The molecule has 0 N–H and O–H groups in total. The van der Waals surface area contributed by atoms with Crippen LogP contribution < -0.4 is 9.47 Å². The average molecular weight is 769 g/mol. The molecule has 4 aromatic carbocycles. The van der Waals surface area contributed by atoms with Crippen LogP contribution in [-0.2, 0) is 13.1 Å². The van der Waals surface area contributed by atoms with Crippen molar-refractivity contribution >= 4 is 0 Å². The van der Waals surface area contributed by atoms with E-state index < -0.39 is 0 Å². The van der Waals surface area contributed by atoms with Gasteiger partial charge in [-0.15, -0.1) is 10.2 Å². The number of hydrogen-bond acceptors (Lipinski definition) is 10. The van der Waals surface area contributed by atoms with Crippen LogP contribution in [0.3, 0.4) is 0 Å². The van der Waals surface area contributed by atoms with Gasteiger partial charge in [0.2, 0.25) is 0 Å². The molecule has 0 fully saturated rings. The molecule has 0 saturated carbocycles. The van der Waals surface area contributed by atoms with Gasteiger partial charge in [-0.1, -0.05) is 108 Å². The lowest BCUT2D eigenvalue weighted by atomic mass is 10.00. The van der Waals surface area contributed by atoms with Crippen molar-refractivity contribution in [3.63, 3.8) is 0 Å². The van der Waals surface area contributed by atoms with Crippen LogP contribution in [-0.4, -0.2) is 53.2 Å². The highest BCUT2D eigenvalue weighted by atomic mass is 16.5. The van der Waals surface area contributed by atoms with Gasteiger partial charge in [-0.2, -0.15) is 10.5 Å². The molecule has 3 heterocycles. The highest BCUT2D eigenvalue weighted by Crippen LogP contribution is 2.33. The maximum atomic E-state index is 9.84. The van der Waals surface area contributed by atoms with Gasteiger partial charge >= 0.3 is 0 Å². The number of aryl methyl sites for hydroxylation is 2. The highest BCUT2D eigenvalue weighted by molar-refractivity contribution is 5.81. The Labute approximate surface area is 338 Å². The van der Waals surface area contributed by atoms with Gasteiger partial charge in [-0.05, 0) is 62.8 Å². The standard InChI is InChI=1S/C46H44N10O2/c47-31-41-42(32-48)52-46(38-25-21-36(22-26-38)44-34-50-54-56(44)28-12-2-4-14-30-58-40-17-9-6-10-18-40)45(51-41)37-23-19-35(20-24-37)43-33-49-53-55(43)27-11-1-3-13-29-57-39-15-7-5-8-16-39/h5-10,15-26,33-34H,1-4,11-14,27-30H2. The molecule has 0 aliphatic heterocycles. The molecule has 12 heteroatoms. The molecule has 0 unspecified atom stereocenters. The van der Waals surface area contributed by atoms with E-state index in [9.17, 15) is 10.5 Å². The summed E-state index contributed by atoms with van der Waals surface area (Å²) in [6.07, 6.45) is 11.8. The van der Waals surface area contributed by atoms with E-state index in [-0.39, 0.29) is 11.4 Å². The van der Waals surface area contributed by atoms with Crippen molar-refractivity contribution < 1.29 is 9.47 Å². The first-order valence-corrected chi connectivity index (χ1v) is 19.8. The third kappa shape index (κ3) is 10.2. The van der Waals surface area contributed by atoms with Crippen molar-refractivity contribution in [3.05, 3.63) is 133 Å². The van der Waals surface area contributed by atoms with Gasteiger partial charge in [-0.25, -0.2) is 19.3 Å². The Balaban J connectivity index is 0.977. The van der Waals surface area contributed by atoms with E-state index in [2.05, 4.69) is 30.6 Å². The number of ether oxygens (including phenoxy) is 2. The Morgan fingerprint density at radius 1 is 0.448 bits per heavy atom. The van der Waals surface area contributed by atoms with E-state index in [4.69, 9.17) is 9.47 Å². The average Bonchev–Trinajstić information content (AvgIpc) is 3.96. The Morgan fingerprint density at radius 2 is 0.828 bits per heavy atom. The minimum Gasteiger partial charge on any atom is -0.494 e. The third-order valence-corrected chi connectivity index (χ3v) is 9.80. The second-order valence-electron chi connectivity index (χ2n) is 13.8. The summed E-state index contributed by atoms with van der Waals surface area (Å²) in [5, 5.41) is 36.8. The Bertz CT molecular complexity index is 2260. The molecule has 0 radical (unpaired) electrons. The van der Waals surface area contributed by atoms with E-state index >= 15 is 0 Å². The SMILES string of the molecule is N#Cc1nc(-c2ccc(-c3cnnn3CCCCCCOc3ccccc3)cc2)c(-c2ccc(-c3cnnn3CCCCCCOc3ccccc3)cc2)nc1C#N. The predicted octanol–water partition coefficient (Wildman–Crippen LogP) is 9.35. The molecule has 3 aromatic heterocycles. The van der Waals surface area contributed by atoms with E-state index in [0.29, 0.717) is 24.6 Å². The summed E-state index contributed by atoms with van der Waals surface area (Å²) in [5.74, 6) is 1.81. The van der Waals surface area contributed by atoms with Crippen LogP contribution in [0.1, 0.15) is 62.8 Å². The van der Waals surface area contributed by atoms with Crippen molar-refractivity contribution in [1.29, 1.82) is 10.5 Å². The molecule has 0 bridgehead atoms. The van der Waals surface area contributed by atoms with Gasteiger partial charge in [-0.3, -0.25) is 0 Å². The van der Waals surface area contributed by atoms with E-state index in [1.807, 2.05) is 131 Å². The summed E-state index contributed by atoms with van der Waals surface area (Å²) in [7, 11) is 0. The molecule has 0 spiro atoms. The smallest absolute Gasteiger partial charge is 0.177 e. The molecule has 0 aliphatic carbocycles. The Kier molecular flexibility index (Phi) is 13.6. The number of nitrogens with zero attached hydrogens (tertiary/aromatic N) is 10. The summed E-state index contributed by atoms with van der Waals surface area (Å²) in [4.78, 5) is 9.30. The Hall–Kier alpha value is -7.18. The molecular formula is C46H44N10O2. The number of benzene rings is 4. The van der Waals surface area contributed by atoms with Crippen LogP contribution >= 0.6 is 0 Å². The van der Waals surface area contributed by atoms with Crippen molar-refractivity contribution in [2.75, 3.05) is 13.2 Å². The third-order valence-electron chi connectivity index (χ3n) is 9.80. The van der Waals surface area contributed by atoms with Crippen LogP contribution in [0.4, 0.5) is 0 Å². The molecular weight excluding hydrogens is 725 g/mol. The second kappa shape index (κ2) is 20.1. The summed E-state index contributed by atoms with van der Waals surface area (Å²) < 4.78 is 15.5. The fourth-order valence-electron chi connectivity index (χ4n) is 6.73. The van der Waals surface area contributed by atoms with Crippen LogP contribution in [0.5, 0.6) is 11.5 Å². The fraction of sp³-hybridized carbons (Fsp3) is 0.261. The fourth-order valence-corrected chi connectivity index (χ4v) is 6.73. The largest absolute Gasteiger partial charge is 0.494 e. The number of aromatic nitrogens is 8. The van der Waals surface area contributed by atoms with Crippen LogP contribution in [0.25, 0.3) is 45.0 Å². The zero-order valence-electron chi connectivity index (χ0n) is 32.3. The molecule has 0 aliphatic rings. The summed E-state index contributed by atoms with van der Waals surface area (Å²) in [6, 6.07) is 39.7. The van der Waals surface area contributed by atoms with E-state index in [1.54, 1.807) is 12.4 Å². The molecule has 12 nitrogen and oxygen atoms in total. The topological polar surface area (TPSA) is 153 Å². The number of rotatable bonds is 20. The number of unbranched alkanes of at least 4 members (excludes halogenated alkanes) is 6. The molecule has 290 valence electrons. The molecule has 7 aromatic rings. The van der Waals surface area contributed by atoms with Gasteiger partial charge in [0.1, 0.15) is 23.6 Å². The first-order valence-electron chi connectivity index (χ1n) is 19.8. The summed E-state index contributed by atoms with van der Waals surface area (Å²) in [6.45, 7) is 2.92. The lowest BCUT2D eigenvalue weighted by Crippen LogP contribution is -2.04. The number of para-hydroxylation sites is 2. The lowest BCUT2D eigenvalue weighted by molar-refractivity contribution is 0.303. The molecule has 58 heavy (non-hydrogen) atoms. The second-order valence-corrected chi connectivity index (χ2v) is 13.8. The van der Waals surface area contributed by atoms with Crippen molar-refractivity contribution in [2.24, 2.45) is 0 Å². The molecule has 0 saturated heterocycles. The zero-order valence-corrected chi connectivity index (χ0v) is 32.3. The van der Waals surface area contributed by atoms with Crippen LogP contribution in [0, 0.1) is 22.7 Å². The maximum absolute atomic E-state index is 9.84. The highest BCUT2D eigenvalue weighted by Gasteiger charge is 2.18. The van der Waals surface area contributed by atoms with Gasteiger partial charge in [0, 0.05) is 35.3 Å². The molecule has 0 amide bonds. The quantitative estimate of drug-likeness (QED) is 0.0686. The van der Waals surface area contributed by atoms with Crippen LogP contribution in [0.2, 0.25) is 0 Å². The van der Waals surface area contributed by atoms with Crippen molar-refractivity contribution in [1.82, 2.24) is 40.0 Å². The van der Waals surface area contributed by atoms with E-state index in [1.165, 1.54) is 0 Å². The number of nitriles is 2. The monoisotopic (exact) mass is 768 g/mol. The van der Waals surface area contributed by atoms with Gasteiger partial charge < -0.3 is 9.47 Å². The molecule has 0 atom stereocenters. The van der Waals surface area contributed by atoms with Gasteiger partial charge in [0.05, 0.1) is 48.4 Å². The van der Waals surface area contributed by atoms with Crippen molar-refractivity contribution in [3.8, 4) is 68.7 Å².